The molecule has 0 fully saturated rings. The van der Waals surface area contributed by atoms with Crippen molar-refractivity contribution < 1.29 is 0 Å². The van der Waals surface area contributed by atoms with E-state index < -0.39 is 0 Å². The highest BCUT2D eigenvalue weighted by Crippen LogP contribution is 2.18. The highest BCUT2D eigenvalue weighted by Gasteiger charge is 2.09. The lowest BCUT2D eigenvalue weighted by atomic mass is 9.92. The predicted molar refractivity (Wildman–Crippen MR) is 81.3 cm³/mol. The summed E-state index contributed by atoms with van der Waals surface area (Å²) in [4.78, 5) is 8.44. The Hall–Kier alpha value is -1.36. The highest BCUT2D eigenvalue weighted by molar-refractivity contribution is 5.46. The maximum Gasteiger partial charge on any atom is 0.131 e. The maximum atomic E-state index is 5.53. The molecule has 0 aromatic carbocycles. The highest BCUT2D eigenvalue weighted by atomic mass is 15.1. The molecular weight excluding hydrogens is 238 g/mol. The predicted octanol–water partition coefficient (Wildman–Crippen LogP) is 2.47. The molecule has 1 heterocycles. The van der Waals surface area contributed by atoms with Crippen molar-refractivity contribution in [1.82, 2.24) is 9.97 Å². The van der Waals surface area contributed by atoms with Gasteiger partial charge in [0.25, 0.3) is 0 Å². The molecule has 0 amide bonds. The fourth-order valence-corrected chi connectivity index (χ4v) is 1.67. The van der Waals surface area contributed by atoms with E-state index in [-0.39, 0.29) is 0 Å². The Kier molecular flexibility index (Phi) is 6.02. The largest absolute Gasteiger partial charge is 0.370 e. The first-order valence-corrected chi connectivity index (χ1v) is 6.93. The summed E-state index contributed by atoms with van der Waals surface area (Å²) in [6, 6.07) is 2.26. The zero-order valence-corrected chi connectivity index (χ0v) is 12.5. The van der Waals surface area contributed by atoms with Gasteiger partial charge in [-0.3, -0.25) is 0 Å². The van der Waals surface area contributed by atoms with Gasteiger partial charge in [-0.1, -0.05) is 20.8 Å². The van der Waals surface area contributed by atoms with E-state index in [0.717, 1.165) is 31.0 Å². The van der Waals surface area contributed by atoms with Crippen LogP contribution in [0, 0.1) is 5.41 Å². The molecule has 0 spiro atoms. The van der Waals surface area contributed by atoms with Crippen molar-refractivity contribution in [3.63, 3.8) is 0 Å². The second-order valence-corrected chi connectivity index (χ2v) is 6.15. The second-order valence-electron chi connectivity index (χ2n) is 6.15. The van der Waals surface area contributed by atoms with E-state index in [1.54, 1.807) is 6.33 Å². The van der Waals surface area contributed by atoms with Crippen LogP contribution in [0.2, 0.25) is 0 Å². The van der Waals surface area contributed by atoms with Crippen molar-refractivity contribution in [3.8, 4) is 0 Å². The fourth-order valence-electron chi connectivity index (χ4n) is 1.67. The van der Waals surface area contributed by atoms with Crippen molar-refractivity contribution in [2.45, 2.75) is 46.6 Å². The third-order valence-electron chi connectivity index (χ3n) is 2.84. The van der Waals surface area contributed by atoms with Crippen LogP contribution in [-0.4, -0.2) is 29.1 Å². The molecule has 0 aliphatic carbocycles. The molecule has 0 saturated heterocycles. The number of nitrogens with one attached hydrogen (secondary N) is 2. The zero-order chi connectivity index (χ0) is 14.3. The molecule has 1 aromatic rings. The first kappa shape index (κ1) is 15.7. The van der Waals surface area contributed by atoms with Gasteiger partial charge < -0.3 is 16.4 Å². The Morgan fingerprint density at radius 2 is 1.95 bits per heavy atom. The lowest BCUT2D eigenvalue weighted by molar-refractivity contribution is 0.389. The average molecular weight is 265 g/mol. The Balaban J connectivity index is 2.48. The zero-order valence-electron chi connectivity index (χ0n) is 12.5. The smallest absolute Gasteiger partial charge is 0.131 e. The van der Waals surface area contributed by atoms with Gasteiger partial charge in [0.2, 0.25) is 0 Å². The van der Waals surface area contributed by atoms with Crippen LogP contribution in [0.5, 0.6) is 0 Å². The van der Waals surface area contributed by atoms with Gasteiger partial charge in [0.1, 0.15) is 18.0 Å². The van der Waals surface area contributed by atoms with E-state index in [2.05, 4.69) is 48.3 Å². The molecule has 1 aromatic heterocycles. The van der Waals surface area contributed by atoms with Crippen LogP contribution in [0.1, 0.15) is 40.5 Å². The van der Waals surface area contributed by atoms with Gasteiger partial charge in [0, 0.05) is 18.7 Å². The van der Waals surface area contributed by atoms with Crippen LogP contribution >= 0.6 is 0 Å². The lowest BCUT2D eigenvalue weighted by Crippen LogP contribution is -2.20. The van der Waals surface area contributed by atoms with Gasteiger partial charge in [0.05, 0.1) is 0 Å². The van der Waals surface area contributed by atoms with E-state index >= 15 is 0 Å². The summed E-state index contributed by atoms with van der Waals surface area (Å²) in [5.41, 5.74) is 5.86. The van der Waals surface area contributed by atoms with Crippen LogP contribution < -0.4 is 16.4 Å². The molecule has 0 bridgehead atoms. The molecule has 5 nitrogen and oxygen atoms in total. The minimum Gasteiger partial charge on any atom is -0.370 e. The summed E-state index contributed by atoms with van der Waals surface area (Å²) >= 11 is 0. The van der Waals surface area contributed by atoms with Crippen molar-refractivity contribution in [2.75, 3.05) is 23.7 Å². The van der Waals surface area contributed by atoms with Crippen LogP contribution in [0.15, 0.2) is 12.4 Å². The normalized spacial score (nSPS) is 13.1. The summed E-state index contributed by atoms with van der Waals surface area (Å²) in [7, 11) is 0. The molecule has 4 N–H and O–H groups in total. The van der Waals surface area contributed by atoms with E-state index in [0.29, 0.717) is 18.0 Å². The molecule has 108 valence electrons. The monoisotopic (exact) mass is 265 g/mol. The first-order valence-electron chi connectivity index (χ1n) is 6.93. The standard InChI is InChI=1S/C14H27N5/c1-11(5-7-15)19-13-9-12(17-10-18-13)16-8-6-14(2,3)4/h9-11H,5-8,15H2,1-4H3,(H2,16,17,18,19). The number of hydrogen-bond donors (Lipinski definition) is 3. The second kappa shape index (κ2) is 7.28. The Morgan fingerprint density at radius 1 is 1.26 bits per heavy atom. The quantitative estimate of drug-likeness (QED) is 0.706. The number of hydrogen-bond acceptors (Lipinski definition) is 5. The summed E-state index contributed by atoms with van der Waals surface area (Å²) in [5.74, 6) is 1.70. The molecular formula is C14H27N5. The molecule has 1 atom stereocenters. The number of aromatic nitrogens is 2. The third-order valence-corrected chi connectivity index (χ3v) is 2.84. The van der Waals surface area contributed by atoms with Crippen molar-refractivity contribution in [1.29, 1.82) is 0 Å². The first-order chi connectivity index (χ1) is 8.90. The minimum atomic E-state index is 0.322. The third kappa shape index (κ3) is 6.96. The number of rotatable bonds is 7. The molecule has 0 saturated carbocycles. The summed E-state index contributed by atoms with van der Waals surface area (Å²) in [5, 5.41) is 6.65. The summed E-state index contributed by atoms with van der Waals surface area (Å²) < 4.78 is 0. The minimum absolute atomic E-state index is 0.322. The van der Waals surface area contributed by atoms with Gasteiger partial charge in [-0.25, -0.2) is 9.97 Å². The van der Waals surface area contributed by atoms with E-state index in [4.69, 9.17) is 5.73 Å². The molecule has 19 heavy (non-hydrogen) atoms. The van der Waals surface area contributed by atoms with E-state index in [1.807, 2.05) is 6.07 Å². The summed E-state index contributed by atoms with van der Waals surface area (Å²) in [6.45, 7) is 10.4. The van der Waals surface area contributed by atoms with Gasteiger partial charge in [-0.2, -0.15) is 0 Å². The van der Waals surface area contributed by atoms with Gasteiger partial charge in [0.15, 0.2) is 0 Å². The maximum absolute atomic E-state index is 5.53. The molecule has 5 heteroatoms. The molecule has 0 radical (unpaired) electrons. The van der Waals surface area contributed by atoms with E-state index in [1.165, 1.54) is 0 Å². The number of nitrogens with two attached hydrogens (primary N) is 1. The Bertz CT molecular complexity index is 372. The molecule has 0 aliphatic heterocycles. The fraction of sp³-hybridized carbons (Fsp3) is 0.714. The van der Waals surface area contributed by atoms with Gasteiger partial charge in [-0.15, -0.1) is 0 Å². The summed E-state index contributed by atoms with van der Waals surface area (Å²) in [6.07, 6.45) is 3.61. The number of anilines is 2. The van der Waals surface area contributed by atoms with Crippen LogP contribution in [0.25, 0.3) is 0 Å². The van der Waals surface area contributed by atoms with Crippen LogP contribution in [0.4, 0.5) is 11.6 Å². The van der Waals surface area contributed by atoms with Crippen molar-refractivity contribution in [2.24, 2.45) is 11.1 Å². The molecule has 1 unspecified atom stereocenters. The van der Waals surface area contributed by atoms with E-state index in [9.17, 15) is 0 Å². The van der Waals surface area contributed by atoms with Gasteiger partial charge in [-0.05, 0) is 31.7 Å². The SMILES string of the molecule is CC(CCN)Nc1cc(NCCC(C)(C)C)ncn1. The van der Waals surface area contributed by atoms with Crippen molar-refractivity contribution >= 4 is 11.6 Å². The Morgan fingerprint density at radius 3 is 2.58 bits per heavy atom. The van der Waals surface area contributed by atoms with Gasteiger partial charge >= 0.3 is 0 Å². The topological polar surface area (TPSA) is 75.9 Å². The van der Waals surface area contributed by atoms with Crippen molar-refractivity contribution in [3.05, 3.63) is 12.4 Å². The Labute approximate surface area is 116 Å². The van der Waals surface area contributed by atoms with Crippen LogP contribution in [0.3, 0.4) is 0 Å². The lowest BCUT2D eigenvalue weighted by Gasteiger charge is -2.18. The molecule has 1 rings (SSSR count). The molecule has 0 aliphatic rings. The number of nitrogens with zero attached hydrogens (tertiary/aromatic N) is 2. The average Bonchev–Trinajstić information content (AvgIpc) is 2.28. The van der Waals surface area contributed by atoms with Crippen LogP contribution in [-0.2, 0) is 0 Å².